The summed E-state index contributed by atoms with van der Waals surface area (Å²) in [6, 6.07) is 10.4. The van der Waals surface area contributed by atoms with Crippen LogP contribution in [-0.2, 0) is 17.8 Å². The van der Waals surface area contributed by atoms with Crippen molar-refractivity contribution >= 4 is 29.2 Å². The van der Waals surface area contributed by atoms with Crippen molar-refractivity contribution in [1.29, 1.82) is 0 Å². The predicted molar refractivity (Wildman–Crippen MR) is 134 cm³/mol. The molecular weight excluding hydrogens is 464 g/mol. The number of nitrogens with zero attached hydrogens (tertiary/aromatic N) is 6. The van der Waals surface area contributed by atoms with Crippen molar-refractivity contribution in [2.75, 3.05) is 31.1 Å². The van der Waals surface area contributed by atoms with Crippen molar-refractivity contribution in [3.8, 4) is 10.6 Å². The molecule has 4 heterocycles. The van der Waals surface area contributed by atoms with Crippen LogP contribution < -0.4 is 4.90 Å². The summed E-state index contributed by atoms with van der Waals surface area (Å²) in [7, 11) is 0. The molecule has 1 amide bonds. The Morgan fingerprint density at radius 1 is 1.09 bits per heavy atom. The molecule has 0 aliphatic carbocycles. The van der Waals surface area contributed by atoms with Crippen LogP contribution in [0.15, 0.2) is 42.7 Å². The third-order valence-corrected chi connectivity index (χ3v) is 7.82. The number of anilines is 1. The maximum absolute atomic E-state index is 13.3. The van der Waals surface area contributed by atoms with Crippen LogP contribution in [0.5, 0.6) is 0 Å². The molecule has 5 rings (SSSR count). The van der Waals surface area contributed by atoms with E-state index >= 15 is 0 Å². The molecule has 1 aromatic carbocycles. The third-order valence-electron chi connectivity index (χ3n) is 6.69. The number of rotatable bonds is 5. The lowest BCUT2D eigenvalue weighted by molar-refractivity contribution is -0.134. The van der Waals surface area contributed by atoms with Gasteiger partial charge in [0.05, 0.1) is 24.3 Å². The number of aromatic nitrogens is 3. The molecule has 0 radical (unpaired) electrons. The summed E-state index contributed by atoms with van der Waals surface area (Å²) in [5, 5.41) is 10.1. The van der Waals surface area contributed by atoms with Gasteiger partial charge in [0.2, 0.25) is 11.9 Å². The number of amides is 1. The SMILES string of the molecule is C[C@@H]1CN(c2ncc(C(=O)O)cn2)C[C@H](C)N1CC(=O)N1CCc2nc(-c3ccccc3)sc2C1. The quantitative estimate of drug-likeness (QED) is 0.580. The number of benzene rings is 1. The van der Waals surface area contributed by atoms with E-state index in [2.05, 4.69) is 45.7 Å². The Labute approximate surface area is 208 Å². The standard InChI is InChI=1S/C25H28N6O3S/c1-16-12-30(25-26-10-19(11-27-25)24(33)34)13-17(2)31(16)15-22(32)29-9-8-20-21(14-29)35-23(28-20)18-6-4-3-5-7-18/h3-7,10-11,16-17H,8-9,12-15H2,1-2H3,(H,33,34)/t16-,17+. The van der Waals surface area contributed by atoms with Crippen LogP contribution in [0.2, 0.25) is 0 Å². The number of carboxylic acid groups (broad SMARTS) is 1. The van der Waals surface area contributed by atoms with E-state index < -0.39 is 5.97 Å². The minimum atomic E-state index is -1.04. The lowest BCUT2D eigenvalue weighted by Gasteiger charge is -2.44. The Hall–Kier alpha value is -3.37. The molecule has 1 fully saturated rings. The summed E-state index contributed by atoms with van der Waals surface area (Å²) in [6.45, 7) is 7.22. The summed E-state index contributed by atoms with van der Waals surface area (Å²) in [5.74, 6) is -0.386. The minimum absolute atomic E-state index is 0.0700. The number of carbonyl (C=O) groups excluding carboxylic acids is 1. The summed E-state index contributed by atoms with van der Waals surface area (Å²) in [5.41, 5.74) is 2.30. The van der Waals surface area contributed by atoms with Crippen LogP contribution in [0, 0.1) is 0 Å². The zero-order valence-corrected chi connectivity index (χ0v) is 20.6. The van der Waals surface area contributed by atoms with Gasteiger partial charge < -0.3 is 14.9 Å². The number of carbonyl (C=O) groups is 2. The minimum Gasteiger partial charge on any atom is -0.478 e. The molecule has 182 valence electrons. The van der Waals surface area contributed by atoms with Gasteiger partial charge in [-0.2, -0.15) is 0 Å². The second-order valence-corrected chi connectivity index (χ2v) is 10.3. The maximum Gasteiger partial charge on any atom is 0.338 e. The molecule has 2 aliphatic rings. The van der Waals surface area contributed by atoms with Crippen molar-refractivity contribution in [3.05, 3.63) is 58.9 Å². The number of hydrogen-bond donors (Lipinski definition) is 1. The highest BCUT2D eigenvalue weighted by atomic mass is 32.1. The lowest BCUT2D eigenvalue weighted by Crippen LogP contribution is -2.59. The Balaban J connectivity index is 1.21. The molecule has 1 saturated heterocycles. The molecule has 9 nitrogen and oxygen atoms in total. The van der Waals surface area contributed by atoms with Crippen LogP contribution in [0.1, 0.15) is 34.8 Å². The number of piperazine rings is 1. The summed E-state index contributed by atoms with van der Waals surface area (Å²) >= 11 is 1.68. The first-order chi connectivity index (χ1) is 16.9. The molecule has 2 aliphatic heterocycles. The van der Waals surface area contributed by atoms with Crippen molar-refractivity contribution < 1.29 is 14.7 Å². The van der Waals surface area contributed by atoms with E-state index in [4.69, 9.17) is 10.1 Å². The van der Waals surface area contributed by atoms with E-state index in [0.29, 0.717) is 38.7 Å². The van der Waals surface area contributed by atoms with Gasteiger partial charge in [0, 0.05) is 61.0 Å². The van der Waals surface area contributed by atoms with Crippen LogP contribution in [0.4, 0.5) is 5.95 Å². The maximum atomic E-state index is 13.3. The second kappa shape index (κ2) is 9.71. The Morgan fingerprint density at radius 2 is 1.77 bits per heavy atom. The number of aromatic carboxylic acids is 1. The van der Waals surface area contributed by atoms with Crippen LogP contribution in [0.3, 0.4) is 0 Å². The molecule has 0 bridgehead atoms. The Kier molecular flexibility index (Phi) is 6.48. The zero-order valence-electron chi connectivity index (χ0n) is 19.8. The Morgan fingerprint density at radius 3 is 2.43 bits per heavy atom. The molecule has 35 heavy (non-hydrogen) atoms. The molecular formula is C25H28N6O3S. The first kappa shape index (κ1) is 23.4. The van der Waals surface area contributed by atoms with Gasteiger partial charge in [-0.05, 0) is 13.8 Å². The Bertz CT molecular complexity index is 1200. The van der Waals surface area contributed by atoms with Gasteiger partial charge in [-0.15, -0.1) is 11.3 Å². The van der Waals surface area contributed by atoms with Gasteiger partial charge in [-0.25, -0.2) is 19.7 Å². The lowest BCUT2D eigenvalue weighted by atomic mass is 10.1. The van der Waals surface area contributed by atoms with Gasteiger partial charge in [0.1, 0.15) is 5.01 Å². The smallest absolute Gasteiger partial charge is 0.338 e. The monoisotopic (exact) mass is 492 g/mol. The average Bonchev–Trinajstić information content (AvgIpc) is 3.30. The number of fused-ring (bicyclic) bond motifs is 1. The van der Waals surface area contributed by atoms with Crippen molar-refractivity contribution in [2.24, 2.45) is 0 Å². The number of hydrogen-bond acceptors (Lipinski definition) is 8. The second-order valence-electron chi connectivity index (χ2n) is 9.17. The van der Waals surface area contributed by atoms with Gasteiger partial charge >= 0.3 is 5.97 Å². The zero-order chi connectivity index (χ0) is 24.5. The molecule has 3 aromatic rings. The molecule has 10 heteroatoms. The first-order valence-corrected chi connectivity index (χ1v) is 12.6. The molecule has 1 N–H and O–H groups in total. The summed E-state index contributed by atoms with van der Waals surface area (Å²) < 4.78 is 0. The van der Waals surface area contributed by atoms with Crippen LogP contribution in [0.25, 0.3) is 10.6 Å². The summed E-state index contributed by atoms with van der Waals surface area (Å²) in [4.78, 5) is 45.0. The largest absolute Gasteiger partial charge is 0.478 e. The van der Waals surface area contributed by atoms with Gasteiger partial charge in [-0.1, -0.05) is 30.3 Å². The summed E-state index contributed by atoms with van der Waals surface area (Å²) in [6.07, 6.45) is 3.46. The van der Waals surface area contributed by atoms with Crippen molar-refractivity contribution in [3.63, 3.8) is 0 Å². The van der Waals surface area contributed by atoms with E-state index in [9.17, 15) is 9.59 Å². The van der Waals surface area contributed by atoms with Crippen molar-refractivity contribution in [2.45, 2.75) is 38.9 Å². The highest BCUT2D eigenvalue weighted by molar-refractivity contribution is 7.15. The first-order valence-electron chi connectivity index (χ1n) is 11.8. The molecule has 0 spiro atoms. The fourth-order valence-electron chi connectivity index (χ4n) is 4.80. The average molecular weight is 493 g/mol. The van der Waals surface area contributed by atoms with Crippen molar-refractivity contribution in [1.82, 2.24) is 24.8 Å². The number of thiazole rings is 1. The van der Waals surface area contributed by atoms with E-state index in [1.165, 1.54) is 17.3 Å². The number of carboxylic acids is 1. The van der Waals surface area contributed by atoms with E-state index in [-0.39, 0.29) is 23.6 Å². The predicted octanol–water partition coefficient (Wildman–Crippen LogP) is 2.78. The van der Waals surface area contributed by atoms with E-state index in [1.54, 1.807) is 11.3 Å². The van der Waals surface area contributed by atoms with E-state index in [0.717, 1.165) is 22.7 Å². The van der Waals surface area contributed by atoms with Gasteiger partial charge in [0.25, 0.3) is 0 Å². The third kappa shape index (κ3) is 4.89. The van der Waals surface area contributed by atoms with Gasteiger partial charge in [-0.3, -0.25) is 9.69 Å². The fraction of sp³-hybridized carbons (Fsp3) is 0.400. The topological polar surface area (TPSA) is 103 Å². The van der Waals surface area contributed by atoms with Crippen LogP contribution >= 0.6 is 11.3 Å². The van der Waals surface area contributed by atoms with Crippen LogP contribution in [-0.4, -0.2) is 80.0 Å². The normalized spacial score (nSPS) is 20.5. The molecule has 0 unspecified atom stereocenters. The van der Waals surface area contributed by atoms with E-state index in [1.807, 2.05) is 23.1 Å². The highest BCUT2D eigenvalue weighted by Gasteiger charge is 2.34. The highest BCUT2D eigenvalue weighted by Crippen LogP contribution is 2.32. The fourth-order valence-corrected chi connectivity index (χ4v) is 5.92. The molecule has 0 saturated carbocycles. The molecule has 2 atom stereocenters. The van der Waals surface area contributed by atoms with Gasteiger partial charge in [0.15, 0.2) is 0 Å². The molecule has 2 aromatic heterocycles.